The third-order valence-electron chi connectivity index (χ3n) is 3.81. The first-order valence-electron chi connectivity index (χ1n) is 8.09. The molecule has 0 aromatic heterocycles. The molecule has 1 aromatic rings. The monoisotopic (exact) mass is 388 g/mol. The molecule has 0 spiro atoms. The SMILES string of the molecule is CCNC(=O)COC(=O)c1ccc(Cl)c(S(=O)(=O)N2CCCCC2)c1. The molecule has 1 aliphatic rings. The van der Waals surface area contributed by atoms with E-state index in [0.717, 1.165) is 19.3 Å². The van der Waals surface area contributed by atoms with Gasteiger partial charge >= 0.3 is 5.97 Å². The summed E-state index contributed by atoms with van der Waals surface area (Å²) in [4.78, 5) is 23.3. The van der Waals surface area contributed by atoms with Crippen LogP contribution in [0.25, 0.3) is 0 Å². The van der Waals surface area contributed by atoms with Crippen LogP contribution in [0, 0.1) is 0 Å². The molecule has 1 aliphatic heterocycles. The molecule has 0 atom stereocenters. The number of esters is 1. The van der Waals surface area contributed by atoms with Crippen molar-refractivity contribution in [2.45, 2.75) is 31.1 Å². The summed E-state index contributed by atoms with van der Waals surface area (Å²) in [6.07, 6.45) is 2.59. The predicted molar refractivity (Wildman–Crippen MR) is 93.0 cm³/mol. The summed E-state index contributed by atoms with van der Waals surface area (Å²) in [5, 5.41) is 2.55. The first-order chi connectivity index (χ1) is 11.9. The minimum Gasteiger partial charge on any atom is -0.452 e. The second kappa shape index (κ2) is 8.64. The number of hydrogen-bond acceptors (Lipinski definition) is 5. The molecule has 1 amide bonds. The minimum atomic E-state index is -3.77. The first-order valence-corrected chi connectivity index (χ1v) is 9.91. The molecule has 1 aromatic carbocycles. The molecule has 138 valence electrons. The van der Waals surface area contributed by atoms with Crippen molar-refractivity contribution in [3.63, 3.8) is 0 Å². The minimum absolute atomic E-state index is 0.0317. The predicted octanol–water partition coefficient (Wildman–Crippen LogP) is 1.81. The van der Waals surface area contributed by atoms with Crippen LogP contribution in [0.5, 0.6) is 0 Å². The van der Waals surface area contributed by atoms with Gasteiger partial charge in [0.25, 0.3) is 5.91 Å². The number of halogens is 1. The van der Waals surface area contributed by atoms with Crippen molar-refractivity contribution in [3.05, 3.63) is 28.8 Å². The van der Waals surface area contributed by atoms with Gasteiger partial charge in [-0.05, 0) is 38.0 Å². The molecule has 7 nitrogen and oxygen atoms in total. The maximum absolute atomic E-state index is 12.8. The van der Waals surface area contributed by atoms with Crippen molar-refractivity contribution >= 4 is 33.5 Å². The van der Waals surface area contributed by atoms with E-state index in [9.17, 15) is 18.0 Å². The number of amides is 1. The first kappa shape index (κ1) is 19.7. The number of carbonyl (C=O) groups excluding carboxylic acids is 2. The zero-order valence-electron chi connectivity index (χ0n) is 14.0. The topological polar surface area (TPSA) is 92.8 Å². The molecule has 1 N–H and O–H groups in total. The number of nitrogens with one attached hydrogen (secondary N) is 1. The fourth-order valence-corrected chi connectivity index (χ4v) is 4.55. The molecule has 9 heteroatoms. The molecule has 0 unspecified atom stereocenters. The fraction of sp³-hybridized carbons (Fsp3) is 0.500. The Morgan fingerprint density at radius 3 is 2.56 bits per heavy atom. The average molecular weight is 389 g/mol. The Labute approximate surface area is 152 Å². The van der Waals surface area contributed by atoms with Crippen LogP contribution in [0.15, 0.2) is 23.1 Å². The van der Waals surface area contributed by atoms with Gasteiger partial charge in [0.2, 0.25) is 10.0 Å². The Hall–Kier alpha value is -1.64. The Balaban J connectivity index is 2.19. The lowest BCUT2D eigenvalue weighted by Crippen LogP contribution is -2.35. The molecular weight excluding hydrogens is 368 g/mol. The van der Waals surface area contributed by atoms with Crippen LogP contribution in [-0.2, 0) is 19.6 Å². The van der Waals surface area contributed by atoms with Crippen molar-refractivity contribution < 1.29 is 22.7 Å². The number of benzene rings is 1. The van der Waals surface area contributed by atoms with Gasteiger partial charge in [-0.15, -0.1) is 0 Å². The van der Waals surface area contributed by atoms with Gasteiger partial charge in [0, 0.05) is 19.6 Å². The van der Waals surface area contributed by atoms with Crippen LogP contribution in [0.1, 0.15) is 36.5 Å². The van der Waals surface area contributed by atoms with Gasteiger partial charge in [-0.1, -0.05) is 18.0 Å². The van der Waals surface area contributed by atoms with Crippen LogP contribution in [0.2, 0.25) is 5.02 Å². The highest BCUT2D eigenvalue weighted by molar-refractivity contribution is 7.89. The number of piperidine rings is 1. The second-order valence-corrected chi connectivity index (χ2v) is 7.95. The molecule has 1 fully saturated rings. The molecule has 0 saturated carbocycles. The Morgan fingerprint density at radius 2 is 1.92 bits per heavy atom. The number of nitrogens with zero attached hydrogens (tertiary/aromatic N) is 1. The number of sulfonamides is 1. The molecule has 0 bridgehead atoms. The van der Waals surface area contributed by atoms with E-state index >= 15 is 0 Å². The van der Waals surface area contributed by atoms with Gasteiger partial charge in [0.15, 0.2) is 6.61 Å². The van der Waals surface area contributed by atoms with E-state index in [4.69, 9.17) is 16.3 Å². The maximum atomic E-state index is 12.8. The lowest BCUT2D eigenvalue weighted by atomic mass is 10.2. The highest BCUT2D eigenvalue weighted by Crippen LogP contribution is 2.28. The van der Waals surface area contributed by atoms with E-state index in [1.165, 1.54) is 22.5 Å². The van der Waals surface area contributed by atoms with E-state index in [-0.39, 0.29) is 15.5 Å². The van der Waals surface area contributed by atoms with E-state index in [1.54, 1.807) is 6.92 Å². The van der Waals surface area contributed by atoms with Gasteiger partial charge in [0.05, 0.1) is 10.6 Å². The van der Waals surface area contributed by atoms with Crippen molar-refractivity contribution in [3.8, 4) is 0 Å². The summed E-state index contributed by atoms with van der Waals surface area (Å²) in [5.41, 5.74) is 0.0317. The molecule has 0 radical (unpaired) electrons. The summed E-state index contributed by atoms with van der Waals surface area (Å²) >= 11 is 6.05. The summed E-state index contributed by atoms with van der Waals surface area (Å²) in [6, 6.07) is 3.92. The number of hydrogen-bond donors (Lipinski definition) is 1. The second-order valence-electron chi connectivity index (χ2n) is 5.64. The Morgan fingerprint density at radius 1 is 1.24 bits per heavy atom. The summed E-state index contributed by atoms with van der Waals surface area (Å²) < 4.78 is 31.8. The summed E-state index contributed by atoms with van der Waals surface area (Å²) in [5.74, 6) is -1.20. The van der Waals surface area contributed by atoms with Gasteiger partial charge < -0.3 is 10.1 Å². The molecule has 1 heterocycles. The van der Waals surface area contributed by atoms with Gasteiger partial charge in [0.1, 0.15) is 4.90 Å². The van der Waals surface area contributed by atoms with Crippen molar-refractivity contribution in [2.75, 3.05) is 26.2 Å². The number of carbonyl (C=O) groups is 2. The molecule has 0 aliphatic carbocycles. The van der Waals surface area contributed by atoms with E-state index in [2.05, 4.69) is 5.32 Å². The number of rotatable bonds is 6. The smallest absolute Gasteiger partial charge is 0.338 e. The highest BCUT2D eigenvalue weighted by atomic mass is 35.5. The normalized spacial score (nSPS) is 15.6. The number of ether oxygens (including phenoxy) is 1. The zero-order chi connectivity index (χ0) is 18.4. The standard InChI is InChI=1S/C16H21ClN2O5S/c1-2-18-15(20)11-24-16(21)12-6-7-13(17)14(10-12)25(22,23)19-8-4-3-5-9-19/h6-7,10H,2-5,8-9,11H2,1H3,(H,18,20). The van der Waals surface area contributed by atoms with Crippen LogP contribution < -0.4 is 5.32 Å². The molecular formula is C16H21ClN2O5S. The molecule has 25 heavy (non-hydrogen) atoms. The molecule has 1 saturated heterocycles. The van der Waals surface area contributed by atoms with Crippen LogP contribution in [0.4, 0.5) is 0 Å². The fourth-order valence-electron chi connectivity index (χ4n) is 2.53. The van der Waals surface area contributed by atoms with Crippen LogP contribution in [-0.4, -0.2) is 50.8 Å². The lowest BCUT2D eigenvalue weighted by Gasteiger charge is -2.26. The van der Waals surface area contributed by atoms with Crippen molar-refractivity contribution in [1.82, 2.24) is 9.62 Å². The van der Waals surface area contributed by atoms with E-state index in [0.29, 0.717) is 19.6 Å². The number of likely N-dealkylation sites (N-methyl/N-ethyl adjacent to an activating group) is 1. The quantitative estimate of drug-likeness (QED) is 0.750. The van der Waals surface area contributed by atoms with Crippen LogP contribution >= 0.6 is 11.6 Å². The lowest BCUT2D eigenvalue weighted by molar-refractivity contribution is -0.124. The van der Waals surface area contributed by atoms with E-state index in [1.807, 2.05) is 0 Å². The van der Waals surface area contributed by atoms with E-state index < -0.39 is 28.5 Å². The third kappa shape index (κ3) is 4.93. The van der Waals surface area contributed by atoms with Gasteiger partial charge in [-0.25, -0.2) is 13.2 Å². The zero-order valence-corrected chi connectivity index (χ0v) is 15.5. The third-order valence-corrected chi connectivity index (χ3v) is 6.19. The van der Waals surface area contributed by atoms with Gasteiger partial charge in [-0.2, -0.15) is 4.31 Å². The maximum Gasteiger partial charge on any atom is 0.338 e. The Bertz CT molecular complexity index is 745. The highest BCUT2D eigenvalue weighted by Gasteiger charge is 2.29. The largest absolute Gasteiger partial charge is 0.452 e. The van der Waals surface area contributed by atoms with Crippen LogP contribution in [0.3, 0.4) is 0 Å². The van der Waals surface area contributed by atoms with Gasteiger partial charge in [-0.3, -0.25) is 4.79 Å². The summed E-state index contributed by atoms with van der Waals surface area (Å²) in [7, 11) is -3.77. The van der Waals surface area contributed by atoms with Crippen molar-refractivity contribution in [2.24, 2.45) is 0 Å². The Kier molecular flexibility index (Phi) is 6.80. The summed E-state index contributed by atoms with van der Waals surface area (Å²) in [6.45, 7) is 2.62. The average Bonchev–Trinajstić information content (AvgIpc) is 2.61. The molecule has 2 rings (SSSR count). The van der Waals surface area contributed by atoms with Crippen molar-refractivity contribution in [1.29, 1.82) is 0 Å².